The number of carbonyl (C=O) groups is 2. The Morgan fingerprint density at radius 3 is 2.24 bits per heavy atom. The van der Waals surface area contributed by atoms with Gasteiger partial charge in [0.2, 0.25) is 5.78 Å². The second kappa shape index (κ2) is 7.69. The molecule has 0 saturated carbocycles. The SMILES string of the molecule is C=C(CC(=O)OCc1ccc(OC)cc1)C(=O)C(Cl)(Cl)Cl. The number of methoxy groups -OCH3 is 1. The van der Waals surface area contributed by atoms with Gasteiger partial charge in [-0.1, -0.05) is 53.5 Å². The Balaban J connectivity index is 2.47. The predicted molar refractivity (Wildman–Crippen MR) is 81.8 cm³/mol. The van der Waals surface area contributed by atoms with Crippen LogP contribution in [0.4, 0.5) is 0 Å². The number of hydrogen-bond donors (Lipinski definition) is 0. The van der Waals surface area contributed by atoms with E-state index in [1.165, 1.54) is 0 Å². The van der Waals surface area contributed by atoms with Crippen molar-refractivity contribution in [1.82, 2.24) is 0 Å². The van der Waals surface area contributed by atoms with E-state index in [1.54, 1.807) is 31.4 Å². The van der Waals surface area contributed by atoms with E-state index in [2.05, 4.69) is 6.58 Å². The van der Waals surface area contributed by atoms with Crippen LogP contribution in [0.1, 0.15) is 12.0 Å². The summed E-state index contributed by atoms with van der Waals surface area (Å²) in [6.07, 6.45) is -0.330. The fourth-order valence-electron chi connectivity index (χ4n) is 1.39. The molecule has 0 aromatic heterocycles. The molecule has 0 aliphatic heterocycles. The van der Waals surface area contributed by atoms with Crippen LogP contribution in [-0.4, -0.2) is 22.7 Å². The first-order valence-electron chi connectivity index (χ1n) is 5.82. The first-order chi connectivity index (χ1) is 9.74. The van der Waals surface area contributed by atoms with Gasteiger partial charge in [0.15, 0.2) is 0 Å². The van der Waals surface area contributed by atoms with E-state index in [0.29, 0.717) is 5.75 Å². The maximum atomic E-state index is 11.6. The molecule has 114 valence electrons. The lowest BCUT2D eigenvalue weighted by atomic mass is 10.1. The molecule has 1 rings (SSSR count). The number of carbonyl (C=O) groups excluding carboxylic acids is 2. The number of Topliss-reactive ketones (excluding diaryl/α,β-unsaturated/α-hetero) is 1. The van der Waals surface area contributed by atoms with Crippen LogP contribution < -0.4 is 4.74 Å². The van der Waals surface area contributed by atoms with Crippen LogP contribution in [0, 0.1) is 0 Å². The molecule has 21 heavy (non-hydrogen) atoms. The van der Waals surface area contributed by atoms with Crippen molar-refractivity contribution in [2.75, 3.05) is 7.11 Å². The zero-order valence-corrected chi connectivity index (χ0v) is 13.5. The van der Waals surface area contributed by atoms with Gasteiger partial charge in [-0.25, -0.2) is 0 Å². The second-order valence-electron chi connectivity index (χ2n) is 4.12. The molecule has 0 heterocycles. The number of benzene rings is 1. The molecule has 7 heteroatoms. The largest absolute Gasteiger partial charge is 0.497 e. The monoisotopic (exact) mass is 350 g/mol. The van der Waals surface area contributed by atoms with E-state index >= 15 is 0 Å². The predicted octanol–water partition coefficient (Wildman–Crippen LogP) is 3.62. The highest BCUT2D eigenvalue weighted by atomic mass is 35.6. The van der Waals surface area contributed by atoms with E-state index in [-0.39, 0.29) is 18.6 Å². The second-order valence-corrected chi connectivity index (χ2v) is 6.40. The summed E-state index contributed by atoms with van der Waals surface area (Å²) in [5, 5.41) is 0. The Bertz CT molecular complexity index is 532. The minimum Gasteiger partial charge on any atom is -0.497 e. The molecule has 0 aliphatic rings. The van der Waals surface area contributed by atoms with Gasteiger partial charge >= 0.3 is 5.97 Å². The van der Waals surface area contributed by atoms with Gasteiger partial charge in [-0.3, -0.25) is 9.59 Å². The summed E-state index contributed by atoms with van der Waals surface area (Å²) in [7, 11) is 1.56. The van der Waals surface area contributed by atoms with Gasteiger partial charge in [0, 0.05) is 5.57 Å². The average molecular weight is 352 g/mol. The molecule has 0 fully saturated rings. The third-order valence-corrected chi connectivity index (χ3v) is 3.01. The standard InChI is InChI=1S/C14H13Cl3O4/c1-9(13(19)14(15,16)17)7-12(18)21-8-10-3-5-11(20-2)6-4-10/h3-6H,1,7-8H2,2H3. The van der Waals surface area contributed by atoms with Crippen LogP contribution in [0.15, 0.2) is 36.4 Å². The van der Waals surface area contributed by atoms with Crippen LogP contribution >= 0.6 is 34.8 Å². The average Bonchev–Trinajstić information content (AvgIpc) is 2.43. The first kappa shape index (κ1) is 17.8. The summed E-state index contributed by atoms with van der Waals surface area (Å²) in [6, 6.07) is 7.00. The molecule has 0 amide bonds. The van der Waals surface area contributed by atoms with Crippen molar-refractivity contribution in [2.24, 2.45) is 0 Å². The molecule has 0 radical (unpaired) electrons. The van der Waals surface area contributed by atoms with Gasteiger partial charge < -0.3 is 9.47 Å². The van der Waals surface area contributed by atoms with Crippen molar-refractivity contribution in [3.8, 4) is 5.75 Å². The Labute approximate surface area is 137 Å². The van der Waals surface area contributed by atoms with Crippen LogP contribution in [0.25, 0.3) is 0 Å². The van der Waals surface area contributed by atoms with Gasteiger partial charge in [-0.2, -0.15) is 0 Å². The summed E-state index contributed by atoms with van der Waals surface area (Å²) >= 11 is 16.3. The van der Waals surface area contributed by atoms with Crippen molar-refractivity contribution in [3.05, 3.63) is 42.0 Å². The minimum atomic E-state index is -2.12. The quantitative estimate of drug-likeness (QED) is 0.446. The fraction of sp³-hybridized carbons (Fsp3) is 0.286. The zero-order valence-electron chi connectivity index (χ0n) is 11.2. The molecule has 0 aliphatic carbocycles. The maximum absolute atomic E-state index is 11.6. The van der Waals surface area contributed by atoms with E-state index in [0.717, 1.165) is 5.56 Å². The van der Waals surface area contributed by atoms with Gasteiger partial charge in [0.1, 0.15) is 12.4 Å². The highest BCUT2D eigenvalue weighted by Gasteiger charge is 2.33. The lowest BCUT2D eigenvalue weighted by molar-refractivity contribution is -0.144. The third-order valence-electron chi connectivity index (χ3n) is 2.50. The van der Waals surface area contributed by atoms with Crippen LogP contribution in [-0.2, 0) is 20.9 Å². The van der Waals surface area contributed by atoms with E-state index in [9.17, 15) is 9.59 Å². The molecule has 1 aromatic rings. The van der Waals surface area contributed by atoms with Gasteiger partial charge in [-0.05, 0) is 17.7 Å². The lowest BCUT2D eigenvalue weighted by Gasteiger charge is -2.11. The smallest absolute Gasteiger partial charge is 0.310 e. The van der Waals surface area contributed by atoms with Crippen molar-refractivity contribution in [2.45, 2.75) is 16.8 Å². The molecule has 0 bridgehead atoms. The molecular formula is C14H13Cl3O4. The Hall–Kier alpha value is -1.23. The minimum absolute atomic E-state index is 0.0675. The van der Waals surface area contributed by atoms with Crippen LogP contribution in [0.3, 0.4) is 0 Å². The number of esters is 1. The zero-order chi connectivity index (χ0) is 16.0. The molecule has 1 aromatic carbocycles. The highest BCUT2D eigenvalue weighted by molar-refractivity contribution is 6.77. The van der Waals surface area contributed by atoms with Crippen LogP contribution in [0.5, 0.6) is 5.75 Å². The van der Waals surface area contributed by atoms with Crippen molar-refractivity contribution >= 4 is 46.6 Å². The first-order valence-corrected chi connectivity index (χ1v) is 6.95. The molecule has 0 spiro atoms. The summed E-state index contributed by atoms with van der Waals surface area (Å²) < 4.78 is 7.91. The number of halogens is 3. The summed E-state index contributed by atoms with van der Waals surface area (Å²) in [4.78, 5) is 23.1. The van der Waals surface area contributed by atoms with E-state index in [4.69, 9.17) is 44.3 Å². The van der Waals surface area contributed by atoms with Crippen molar-refractivity contribution < 1.29 is 19.1 Å². The van der Waals surface area contributed by atoms with Crippen molar-refractivity contribution in [3.63, 3.8) is 0 Å². The number of ether oxygens (including phenoxy) is 2. The highest BCUT2D eigenvalue weighted by Crippen LogP contribution is 2.30. The summed E-state index contributed by atoms with van der Waals surface area (Å²) in [5.41, 5.74) is 0.664. The molecule has 0 N–H and O–H groups in total. The van der Waals surface area contributed by atoms with Gasteiger partial charge in [0.05, 0.1) is 13.5 Å². The van der Waals surface area contributed by atoms with Crippen molar-refractivity contribution in [1.29, 1.82) is 0 Å². The number of rotatable bonds is 6. The summed E-state index contributed by atoms with van der Waals surface area (Å²) in [6.45, 7) is 3.49. The number of alkyl halides is 3. The molecule has 0 saturated heterocycles. The third kappa shape index (κ3) is 5.96. The Morgan fingerprint density at radius 1 is 1.19 bits per heavy atom. The van der Waals surface area contributed by atoms with Gasteiger partial charge in [0.25, 0.3) is 3.79 Å². The molecular weight excluding hydrogens is 339 g/mol. The Morgan fingerprint density at radius 2 is 1.76 bits per heavy atom. The Kier molecular flexibility index (Phi) is 6.52. The van der Waals surface area contributed by atoms with Gasteiger partial charge in [-0.15, -0.1) is 0 Å². The number of ketones is 1. The maximum Gasteiger partial charge on any atom is 0.310 e. The molecule has 4 nitrogen and oxygen atoms in total. The van der Waals surface area contributed by atoms with E-state index < -0.39 is 15.5 Å². The van der Waals surface area contributed by atoms with Crippen LogP contribution in [0.2, 0.25) is 0 Å². The number of hydrogen-bond acceptors (Lipinski definition) is 4. The normalized spacial score (nSPS) is 10.9. The summed E-state index contributed by atoms with van der Waals surface area (Å²) in [5.74, 6) is -0.751. The molecule has 0 unspecified atom stereocenters. The fourth-order valence-corrected chi connectivity index (χ4v) is 1.79. The van der Waals surface area contributed by atoms with E-state index in [1.807, 2.05) is 0 Å². The lowest BCUT2D eigenvalue weighted by Crippen LogP contribution is -2.22. The molecule has 0 atom stereocenters. The topological polar surface area (TPSA) is 52.6 Å².